The second kappa shape index (κ2) is 7.00. The summed E-state index contributed by atoms with van der Waals surface area (Å²) in [6, 6.07) is 4.10. The lowest BCUT2D eigenvalue weighted by Gasteiger charge is -2.17. The average molecular weight is 279 g/mol. The zero-order valence-corrected chi connectivity index (χ0v) is 12.1. The predicted octanol–water partition coefficient (Wildman–Crippen LogP) is 2.21. The van der Waals surface area contributed by atoms with Crippen LogP contribution in [-0.4, -0.2) is 16.9 Å². The van der Waals surface area contributed by atoms with E-state index in [1.54, 1.807) is 26.0 Å². The highest BCUT2D eigenvalue weighted by atomic mass is 16.6. The van der Waals surface area contributed by atoms with Gasteiger partial charge in [0.15, 0.2) is 0 Å². The second-order valence-corrected chi connectivity index (χ2v) is 4.93. The van der Waals surface area contributed by atoms with Crippen LogP contribution < -0.4 is 11.1 Å². The Morgan fingerprint density at radius 3 is 2.70 bits per heavy atom. The van der Waals surface area contributed by atoms with Crippen molar-refractivity contribution in [2.45, 2.75) is 45.7 Å². The van der Waals surface area contributed by atoms with Crippen molar-refractivity contribution in [3.63, 3.8) is 0 Å². The number of nitrogens with one attached hydrogen (secondary N) is 1. The van der Waals surface area contributed by atoms with E-state index in [2.05, 4.69) is 5.32 Å². The number of rotatable bonds is 6. The van der Waals surface area contributed by atoms with Gasteiger partial charge in [0.2, 0.25) is 5.91 Å². The first-order chi connectivity index (χ1) is 9.36. The van der Waals surface area contributed by atoms with E-state index < -0.39 is 11.0 Å². The fraction of sp³-hybridized carbons (Fsp3) is 0.500. The Labute approximate surface area is 118 Å². The molecule has 110 valence electrons. The van der Waals surface area contributed by atoms with Gasteiger partial charge in [0.25, 0.3) is 5.69 Å². The molecule has 0 aliphatic heterocycles. The molecular weight excluding hydrogens is 258 g/mol. The maximum Gasteiger partial charge on any atom is 0.272 e. The van der Waals surface area contributed by atoms with Gasteiger partial charge in [0, 0.05) is 11.6 Å². The fourth-order valence-electron chi connectivity index (χ4n) is 1.94. The number of nitro benzene ring substituents is 1. The van der Waals surface area contributed by atoms with Crippen molar-refractivity contribution in [2.24, 2.45) is 5.73 Å². The molecule has 3 N–H and O–H groups in total. The highest BCUT2D eigenvalue weighted by molar-refractivity contribution is 5.81. The molecule has 1 rings (SSSR count). The minimum atomic E-state index is -0.539. The molecule has 0 spiro atoms. The molecule has 0 aromatic heterocycles. The van der Waals surface area contributed by atoms with Crippen molar-refractivity contribution >= 4 is 11.6 Å². The number of nitrogens with two attached hydrogens (primary N) is 1. The Morgan fingerprint density at radius 2 is 2.15 bits per heavy atom. The third-order valence-corrected chi connectivity index (χ3v) is 3.23. The lowest BCUT2D eigenvalue weighted by molar-refractivity contribution is -0.385. The van der Waals surface area contributed by atoms with Crippen LogP contribution in [0.25, 0.3) is 0 Å². The lowest BCUT2D eigenvalue weighted by Crippen LogP contribution is -2.41. The van der Waals surface area contributed by atoms with Crippen LogP contribution >= 0.6 is 0 Å². The van der Waals surface area contributed by atoms with Crippen LogP contribution in [0.5, 0.6) is 0 Å². The van der Waals surface area contributed by atoms with Crippen LogP contribution in [0.3, 0.4) is 0 Å². The molecule has 6 nitrogen and oxygen atoms in total. The van der Waals surface area contributed by atoms with Gasteiger partial charge in [-0.3, -0.25) is 14.9 Å². The van der Waals surface area contributed by atoms with Crippen molar-refractivity contribution in [3.05, 3.63) is 39.4 Å². The minimum Gasteiger partial charge on any atom is -0.348 e. The highest BCUT2D eigenvalue weighted by Gasteiger charge is 2.18. The molecule has 1 aromatic carbocycles. The molecule has 0 aliphatic rings. The molecule has 0 saturated carbocycles. The van der Waals surface area contributed by atoms with Crippen molar-refractivity contribution in [1.29, 1.82) is 0 Å². The monoisotopic (exact) mass is 279 g/mol. The normalized spacial score (nSPS) is 13.6. The summed E-state index contributed by atoms with van der Waals surface area (Å²) in [6.45, 7) is 5.42. The van der Waals surface area contributed by atoms with E-state index in [1.165, 1.54) is 6.07 Å². The molecule has 2 atom stereocenters. The third kappa shape index (κ3) is 4.03. The van der Waals surface area contributed by atoms with Gasteiger partial charge < -0.3 is 11.1 Å². The molecule has 0 saturated heterocycles. The molecular formula is C14H21N3O3. The first kappa shape index (κ1) is 16.1. The second-order valence-electron chi connectivity index (χ2n) is 4.93. The summed E-state index contributed by atoms with van der Waals surface area (Å²) in [5, 5.41) is 13.7. The number of carbonyl (C=O) groups excluding carboxylic acids is 1. The number of amides is 1. The molecule has 0 radical (unpaired) electrons. The number of hydrogen-bond donors (Lipinski definition) is 2. The summed E-state index contributed by atoms with van der Waals surface area (Å²) >= 11 is 0. The third-order valence-electron chi connectivity index (χ3n) is 3.23. The van der Waals surface area contributed by atoms with Gasteiger partial charge in [-0.05, 0) is 25.8 Å². The van der Waals surface area contributed by atoms with Gasteiger partial charge in [-0.25, -0.2) is 0 Å². The van der Waals surface area contributed by atoms with Crippen molar-refractivity contribution in [1.82, 2.24) is 5.32 Å². The van der Waals surface area contributed by atoms with E-state index in [9.17, 15) is 14.9 Å². The van der Waals surface area contributed by atoms with Crippen molar-refractivity contribution in [2.75, 3.05) is 0 Å². The van der Waals surface area contributed by atoms with E-state index in [0.29, 0.717) is 17.5 Å². The molecule has 1 aromatic rings. The van der Waals surface area contributed by atoms with Crippen LogP contribution in [0, 0.1) is 17.0 Å². The lowest BCUT2D eigenvalue weighted by atomic mass is 10.0. The SMILES string of the molecule is CCCC(N)C(=O)NC(C)c1ccc(C)c([N+](=O)[O-])c1. The van der Waals surface area contributed by atoms with Crippen LogP contribution in [0.2, 0.25) is 0 Å². The summed E-state index contributed by atoms with van der Waals surface area (Å²) in [6.07, 6.45) is 1.45. The summed E-state index contributed by atoms with van der Waals surface area (Å²) in [5.41, 5.74) is 7.08. The van der Waals surface area contributed by atoms with Gasteiger partial charge in [-0.15, -0.1) is 0 Å². The summed E-state index contributed by atoms with van der Waals surface area (Å²) in [4.78, 5) is 22.3. The first-order valence-electron chi connectivity index (χ1n) is 6.67. The summed E-state index contributed by atoms with van der Waals surface area (Å²) in [7, 11) is 0. The largest absolute Gasteiger partial charge is 0.348 e. The van der Waals surface area contributed by atoms with Gasteiger partial charge >= 0.3 is 0 Å². The van der Waals surface area contributed by atoms with E-state index in [0.717, 1.165) is 6.42 Å². The van der Waals surface area contributed by atoms with E-state index in [-0.39, 0.29) is 17.6 Å². The smallest absolute Gasteiger partial charge is 0.272 e. The summed E-state index contributed by atoms with van der Waals surface area (Å²) in [5.74, 6) is -0.234. The number of aryl methyl sites for hydroxylation is 1. The molecule has 0 fully saturated rings. The summed E-state index contributed by atoms with van der Waals surface area (Å²) < 4.78 is 0. The van der Waals surface area contributed by atoms with E-state index in [4.69, 9.17) is 5.73 Å². The molecule has 0 heterocycles. The van der Waals surface area contributed by atoms with Crippen LogP contribution in [0.4, 0.5) is 5.69 Å². The van der Waals surface area contributed by atoms with Gasteiger partial charge in [-0.1, -0.05) is 25.5 Å². The number of nitrogens with zero attached hydrogens (tertiary/aromatic N) is 1. The Bertz CT molecular complexity index is 502. The predicted molar refractivity (Wildman–Crippen MR) is 77.3 cm³/mol. The maximum absolute atomic E-state index is 11.8. The molecule has 6 heteroatoms. The highest BCUT2D eigenvalue weighted by Crippen LogP contribution is 2.23. The zero-order chi connectivity index (χ0) is 15.3. The molecule has 0 bridgehead atoms. The quantitative estimate of drug-likeness (QED) is 0.616. The minimum absolute atomic E-state index is 0.0569. The fourth-order valence-corrected chi connectivity index (χ4v) is 1.94. The van der Waals surface area contributed by atoms with Gasteiger partial charge in [0.05, 0.1) is 17.0 Å². The van der Waals surface area contributed by atoms with E-state index in [1.807, 2.05) is 6.92 Å². The molecule has 20 heavy (non-hydrogen) atoms. The maximum atomic E-state index is 11.8. The Balaban J connectivity index is 2.82. The average Bonchev–Trinajstić information content (AvgIpc) is 2.38. The van der Waals surface area contributed by atoms with Crippen LogP contribution in [0.1, 0.15) is 43.9 Å². The number of nitro groups is 1. The van der Waals surface area contributed by atoms with Crippen molar-refractivity contribution < 1.29 is 9.72 Å². The Hall–Kier alpha value is -1.95. The number of carbonyl (C=O) groups is 1. The topological polar surface area (TPSA) is 98.3 Å². The molecule has 0 aliphatic carbocycles. The standard InChI is InChI=1S/C14H21N3O3/c1-4-5-12(15)14(18)16-10(3)11-7-6-9(2)13(8-11)17(19)20/h6-8,10,12H,4-5,15H2,1-3H3,(H,16,18). The number of benzene rings is 1. The first-order valence-corrected chi connectivity index (χ1v) is 6.67. The van der Waals surface area contributed by atoms with E-state index >= 15 is 0 Å². The zero-order valence-electron chi connectivity index (χ0n) is 12.1. The number of hydrogen-bond acceptors (Lipinski definition) is 4. The molecule has 1 amide bonds. The molecule has 2 unspecified atom stereocenters. The Kier molecular flexibility index (Phi) is 5.64. The van der Waals surface area contributed by atoms with Gasteiger partial charge in [0.1, 0.15) is 0 Å². The Morgan fingerprint density at radius 1 is 1.50 bits per heavy atom. The van der Waals surface area contributed by atoms with Gasteiger partial charge in [-0.2, -0.15) is 0 Å². The van der Waals surface area contributed by atoms with Crippen LogP contribution in [-0.2, 0) is 4.79 Å². The van der Waals surface area contributed by atoms with Crippen molar-refractivity contribution in [3.8, 4) is 0 Å². The van der Waals surface area contributed by atoms with Crippen LogP contribution in [0.15, 0.2) is 18.2 Å².